The van der Waals surface area contributed by atoms with E-state index in [1.807, 2.05) is 0 Å². The zero-order valence-corrected chi connectivity index (χ0v) is 10.9. The van der Waals surface area contributed by atoms with E-state index in [4.69, 9.17) is 9.53 Å². The van der Waals surface area contributed by atoms with E-state index in [0.717, 1.165) is 0 Å². The first-order valence-corrected chi connectivity index (χ1v) is 7.96. The van der Waals surface area contributed by atoms with Gasteiger partial charge in [-0.1, -0.05) is 20.8 Å². The molecule has 1 unspecified atom stereocenters. The summed E-state index contributed by atoms with van der Waals surface area (Å²) in [5.41, 5.74) is 0. The molecular weight excluding hydrogens is 199 g/mol. The molecule has 0 aliphatic rings. The Kier molecular flexibility index (Phi) is 5.26. The van der Waals surface area contributed by atoms with Crippen molar-refractivity contribution in [1.29, 1.82) is 0 Å². The summed E-state index contributed by atoms with van der Waals surface area (Å²) >= 11 is 0. The topological polar surface area (TPSA) is 29.5 Å². The number of alkyl halides is 1. The molecule has 0 aliphatic heterocycles. The van der Waals surface area contributed by atoms with Crippen LogP contribution < -0.4 is 0 Å². The summed E-state index contributed by atoms with van der Waals surface area (Å²) in [4.78, 5) is 0. The molecule has 0 aliphatic carbocycles. The van der Waals surface area contributed by atoms with Crippen LogP contribution >= 0.6 is 0 Å². The molecule has 2 nitrogen and oxygen atoms in total. The normalized spacial score (nSPS) is 15.6. The van der Waals surface area contributed by atoms with Crippen molar-refractivity contribution < 1.29 is 13.9 Å². The van der Waals surface area contributed by atoms with Crippen LogP contribution in [0.3, 0.4) is 0 Å². The van der Waals surface area contributed by atoms with Crippen molar-refractivity contribution in [2.45, 2.75) is 38.9 Å². The van der Waals surface area contributed by atoms with Crippen LogP contribution in [0.15, 0.2) is 0 Å². The molecule has 0 saturated heterocycles. The van der Waals surface area contributed by atoms with Crippen molar-refractivity contribution in [1.82, 2.24) is 0 Å². The summed E-state index contributed by atoms with van der Waals surface area (Å²) in [6, 6.07) is 0. The molecule has 1 N–H and O–H groups in total. The van der Waals surface area contributed by atoms with Gasteiger partial charge in [0.15, 0.2) is 8.32 Å². The average molecular weight is 222 g/mol. The Hall–Kier alpha value is 0.0669. The minimum atomic E-state index is -1.78. The van der Waals surface area contributed by atoms with Gasteiger partial charge in [-0.2, -0.15) is 0 Å². The molecule has 1 atom stereocenters. The Morgan fingerprint density at radius 2 is 1.86 bits per heavy atom. The Bertz CT molecular complexity index is 162. The summed E-state index contributed by atoms with van der Waals surface area (Å²) in [6.07, 6.45) is 0. The molecule has 0 amide bonds. The lowest BCUT2D eigenvalue weighted by molar-refractivity contribution is 0.132. The van der Waals surface area contributed by atoms with Gasteiger partial charge < -0.3 is 9.53 Å². The lowest BCUT2D eigenvalue weighted by Gasteiger charge is -2.36. The number of rotatable bonds is 5. The van der Waals surface area contributed by atoms with Crippen molar-refractivity contribution >= 4 is 8.32 Å². The second-order valence-electron chi connectivity index (χ2n) is 5.27. The second kappa shape index (κ2) is 5.23. The summed E-state index contributed by atoms with van der Waals surface area (Å²) < 4.78 is 18.1. The van der Waals surface area contributed by atoms with E-state index in [0.29, 0.717) is 6.61 Å². The van der Waals surface area contributed by atoms with Gasteiger partial charge in [0.2, 0.25) is 0 Å². The largest absolute Gasteiger partial charge is 0.416 e. The number of halogens is 1. The highest BCUT2D eigenvalue weighted by molar-refractivity contribution is 6.74. The van der Waals surface area contributed by atoms with Crippen LogP contribution in [0.4, 0.5) is 4.39 Å². The summed E-state index contributed by atoms with van der Waals surface area (Å²) in [5.74, 6) is -0.357. The molecule has 0 spiro atoms. The Balaban J connectivity index is 4.11. The van der Waals surface area contributed by atoms with Gasteiger partial charge in [-0.15, -0.1) is 0 Å². The van der Waals surface area contributed by atoms with Crippen LogP contribution in [0, 0.1) is 5.92 Å². The van der Waals surface area contributed by atoms with Gasteiger partial charge in [0.05, 0.1) is 13.3 Å². The van der Waals surface area contributed by atoms with E-state index in [-0.39, 0.29) is 17.6 Å². The van der Waals surface area contributed by atoms with Crippen LogP contribution in [0.25, 0.3) is 0 Å². The van der Waals surface area contributed by atoms with Crippen LogP contribution in [-0.4, -0.2) is 33.3 Å². The van der Waals surface area contributed by atoms with Gasteiger partial charge in [0.1, 0.15) is 0 Å². The first-order valence-electron chi connectivity index (χ1n) is 5.05. The highest BCUT2D eigenvalue weighted by Gasteiger charge is 2.37. The zero-order chi connectivity index (χ0) is 11.4. The Morgan fingerprint density at radius 1 is 1.36 bits per heavy atom. The van der Waals surface area contributed by atoms with Crippen molar-refractivity contribution in [2.75, 3.05) is 19.9 Å². The lowest BCUT2D eigenvalue weighted by atomic mass is 10.2. The summed E-state index contributed by atoms with van der Waals surface area (Å²) in [6.45, 7) is 10.4. The lowest BCUT2D eigenvalue weighted by Crippen LogP contribution is -2.42. The van der Waals surface area contributed by atoms with Gasteiger partial charge in [-0.05, 0) is 18.1 Å². The van der Waals surface area contributed by atoms with Crippen molar-refractivity contribution in [3.05, 3.63) is 0 Å². The predicted molar refractivity (Wildman–Crippen MR) is 59.7 cm³/mol. The first kappa shape index (κ1) is 14.1. The minimum Gasteiger partial charge on any atom is -0.416 e. The molecule has 0 radical (unpaired) electrons. The Morgan fingerprint density at radius 3 is 2.14 bits per heavy atom. The number of aliphatic hydroxyl groups excluding tert-OH is 1. The molecule has 0 saturated carbocycles. The maximum absolute atomic E-state index is 12.3. The predicted octanol–water partition coefficient (Wildman–Crippen LogP) is 2.59. The minimum absolute atomic E-state index is 0.134. The maximum Gasteiger partial charge on any atom is 0.191 e. The maximum atomic E-state index is 12.3. The third kappa shape index (κ3) is 4.07. The van der Waals surface area contributed by atoms with E-state index in [1.54, 1.807) is 0 Å². The molecular formula is C10H23FO2Si. The second-order valence-corrected chi connectivity index (χ2v) is 10.1. The van der Waals surface area contributed by atoms with Crippen molar-refractivity contribution in [2.24, 2.45) is 5.92 Å². The average Bonchev–Trinajstić information content (AvgIpc) is 2.04. The highest BCUT2D eigenvalue weighted by atomic mass is 28.4. The number of aliphatic hydroxyl groups is 1. The molecule has 0 aromatic heterocycles. The van der Waals surface area contributed by atoms with Gasteiger partial charge in [0.25, 0.3) is 0 Å². The van der Waals surface area contributed by atoms with Gasteiger partial charge in [-0.3, -0.25) is 4.39 Å². The quantitative estimate of drug-likeness (QED) is 0.725. The third-order valence-corrected chi connectivity index (χ3v) is 7.46. The zero-order valence-electron chi connectivity index (χ0n) is 9.93. The van der Waals surface area contributed by atoms with Crippen molar-refractivity contribution in [3.8, 4) is 0 Å². The fourth-order valence-electron chi connectivity index (χ4n) is 0.689. The molecule has 0 aromatic rings. The molecule has 0 aromatic carbocycles. The van der Waals surface area contributed by atoms with Gasteiger partial charge in [-0.25, -0.2) is 0 Å². The van der Waals surface area contributed by atoms with Gasteiger partial charge >= 0.3 is 0 Å². The monoisotopic (exact) mass is 222 g/mol. The van der Waals surface area contributed by atoms with Gasteiger partial charge in [0, 0.05) is 12.5 Å². The molecule has 0 heterocycles. The third-order valence-electron chi connectivity index (χ3n) is 2.96. The molecule has 4 heteroatoms. The van der Waals surface area contributed by atoms with Crippen LogP contribution in [-0.2, 0) is 4.43 Å². The van der Waals surface area contributed by atoms with Crippen LogP contribution in [0.2, 0.25) is 18.1 Å². The fourth-order valence-corrected chi connectivity index (χ4v) is 1.77. The number of hydrogen-bond acceptors (Lipinski definition) is 2. The van der Waals surface area contributed by atoms with E-state index >= 15 is 0 Å². The molecule has 86 valence electrons. The van der Waals surface area contributed by atoms with E-state index in [1.165, 1.54) is 0 Å². The fraction of sp³-hybridized carbons (Fsp3) is 1.00. The molecule has 0 rings (SSSR count). The van der Waals surface area contributed by atoms with E-state index in [9.17, 15) is 4.39 Å². The van der Waals surface area contributed by atoms with Crippen LogP contribution in [0.5, 0.6) is 0 Å². The standard InChI is InChI=1S/C10H23FO2Si/c1-10(2,3)14(4,5)13-8-9(6-11)7-12/h9,12H,6-8H2,1-5H3. The van der Waals surface area contributed by atoms with E-state index < -0.39 is 15.0 Å². The Labute approximate surface area is 87.6 Å². The van der Waals surface area contributed by atoms with Crippen molar-refractivity contribution in [3.63, 3.8) is 0 Å². The van der Waals surface area contributed by atoms with Crippen LogP contribution in [0.1, 0.15) is 20.8 Å². The van der Waals surface area contributed by atoms with E-state index in [2.05, 4.69) is 33.9 Å². The molecule has 0 fully saturated rings. The summed E-state index contributed by atoms with van der Waals surface area (Å²) in [7, 11) is -1.78. The first-order chi connectivity index (χ1) is 6.24. The highest BCUT2D eigenvalue weighted by Crippen LogP contribution is 2.36. The molecule has 0 bridgehead atoms. The summed E-state index contributed by atoms with van der Waals surface area (Å²) in [5, 5.41) is 8.96. The smallest absolute Gasteiger partial charge is 0.191 e. The number of hydrogen-bond donors (Lipinski definition) is 1. The molecule has 14 heavy (non-hydrogen) atoms. The SMILES string of the molecule is CC(C)(C)[Si](C)(C)OCC(CO)CF.